The Balaban J connectivity index is 1.04. The number of carbonyl (C=O) groups is 2. The molecule has 0 radical (unpaired) electrons. The van der Waals surface area contributed by atoms with Gasteiger partial charge in [0.1, 0.15) is 5.75 Å². The van der Waals surface area contributed by atoms with E-state index < -0.39 is 0 Å². The van der Waals surface area contributed by atoms with Crippen LogP contribution in [0.25, 0.3) is 22.2 Å². The van der Waals surface area contributed by atoms with Gasteiger partial charge in [0.25, 0.3) is 11.8 Å². The Morgan fingerprint density at radius 1 is 0.895 bits per heavy atom. The molecule has 3 aromatic carbocycles. The molecule has 0 unspecified atom stereocenters. The number of rotatable bonds is 14. The third kappa shape index (κ3) is 9.47. The summed E-state index contributed by atoms with van der Waals surface area (Å²) >= 11 is 0. The predicted octanol–water partition coefficient (Wildman–Crippen LogP) is 6.20. The molecule has 2 aliphatic rings. The third-order valence-electron chi connectivity index (χ3n) is 11.2. The molecule has 3 N–H and O–H groups in total. The summed E-state index contributed by atoms with van der Waals surface area (Å²) in [5.74, 6) is 0.268. The van der Waals surface area contributed by atoms with E-state index in [4.69, 9.17) is 14.5 Å². The summed E-state index contributed by atoms with van der Waals surface area (Å²) in [5, 5.41) is 15.6. The normalized spacial score (nSPS) is 15.5. The van der Waals surface area contributed by atoms with Crippen LogP contribution in [-0.2, 0) is 37.3 Å². The molecule has 0 aliphatic carbocycles. The number of pyridine rings is 1. The molecule has 0 saturated carbocycles. The van der Waals surface area contributed by atoms with Gasteiger partial charge in [-0.2, -0.15) is 5.10 Å². The van der Waals surface area contributed by atoms with Crippen LogP contribution in [0.2, 0.25) is 0 Å². The smallest absolute Gasteiger partial charge is 0.251 e. The molecule has 2 saturated heterocycles. The van der Waals surface area contributed by atoms with Crippen molar-refractivity contribution in [3.05, 3.63) is 106 Å². The van der Waals surface area contributed by atoms with E-state index in [0.29, 0.717) is 43.9 Å². The van der Waals surface area contributed by atoms with Gasteiger partial charge < -0.3 is 30.3 Å². The van der Waals surface area contributed by atoms with Gasteiger partial charge in [-0.15, -0.1) is 0 Å². The number of ether oxygens (including phenoxy) is 2. The van der Waals surface area contributed by atoms with Crippen LogP contribution in [0.15, 0.2) is 66.9 Å². The standard InChI is InChI=1S/C45H56N8O4/c1-6-40-38(42(49-36-13-19-57-20-14-36)39-28-48-53(7-2)43(39)50-40)27-47-45(55)35-22-30(3)21-34(25-35)44(54)46-26-31-11-12-41(56-5)37(24-31)33-10-8-9-32(23-33)29-52-17-15-51(4)16-18-52/h8-12,21-25,28,36H,6-7,13-20,26-27,29H2,1-5H3,(H,46,54)(H,47,55)(H,49,50). The second kappa shape index (κ2) is 18.3. The summed E-state index contributed by atoms with van der Waals surface area (Å²) in [4.78, 5) is 37.3. The van der Waals surface area contributed by atoms with E-state index in [1.165, 1.54) is 5.56 Å². The SMILES string of the molecule is CCc1nc2c(cnn2CC)c(NC2CCOCC2)c1CNC(=O)c1cc(C)cc(C(=O)NCc2ccc(OC)c(-c3cccc(CN4CCN(C)CC4)c3)c2)c1. The first kappa shape index (κ1) is 39.9. The minimum atomic E-state index is -0.259. The lowest BCUT2D eigenvalue weighted by Gasteiger charge is -2.32. The molecule has 0 atom stereocenters. The summed E-state index contributed by atoms with van der Waals surface area (Å²) < 4.78 is 13.3. The Morgan fingerprint density at radius 3 is 2.33 bits per heavy atom. The molecule has 57 heavy (non-hydrogen) atoms. The van der Waals surface area contributed by atoms with Gasteiger partial charge in [-0.3, -0.25) is 14.5 Å². The molecule has 0 spiro atoms. The number of benzene rings is 3. The largest absolute Gasteiger partial charge is 0.496 e. The first-order valence-electron chi connectivity index (χ1n) is 20.3. The second-order valence-electron chi connectivity index (χ2n) is 15.3. The Bertz CT molecular complexity index is 2200. The minimum absolute atomic E-state index is 0.249. The zero-order chi connectivity index (χ0) is 39.9. The van der Waals surface area contributed by atoms with Crippen molar-refractivity contribution < 1.29 is 19.1 Å². The number of aromatic nitrogens is 3. The number of nitrogens with zero attached hydrogens (tertiary/aromatic N) is 5. The number of amides is 2. The molecular formula is C45H56N8O4. The van der Waals surface area contributed by atoms with E-state index in [0.717, 1.165) is 102 Å². The van der Waals surface area contributed by atoms with Gasteiger partial charge in [-0.05, 0) is 98.8 Å². The molecule has 0 bridgehead atoms. The van der Waals surface area contributed by atoms with Crippen LogP contribution in [0.3, 0.4) is 0 Å². The predicted molar refractivity (Wildman–Crippen MR) is 225 cm³/mol. The van der Waals surface area contributed by atoms with Gasteiger partial charge in [0.15, 0.2) is 5.65 Å². The number of piperazine rings is 1. The maximum atomic E-state index is 13.8. The molecule has 4 heterocycles. The van der Waals surface area contributed by atoms with E-state index in [9.17, 15) is 9.59 Å². The summed E-state index contributed by atoms with van der Waals surface area (Å²) in [5.41, 5.74) is 9.60. The van der Waals surface area contributed by atoms with Crippen molar-refractivity contribution in [3.8, 4) is 16.9 Å². The monoisotopic (exact) mass is 772 g/mol. The van der Waals surface area contributed by atoms with E-state index in [1.54, 1.807) is 13.2 Å². The van der Waals surface area contributed by atoms with Crippen molar-refractivity contribution >= 4 is 28.5 Å². The molecule has 7 rings (SSSR count). The van der Waals surface area contributed by atoms with Crippen molar-refractivity contribution in [1.82, 2.24) is 35.2 Å². The van der Waals surface area contributed by atoms with Gasteiger partial charge in [-0.1, -0.05) is 31.2 Å². The van der Waals surface area contributed by atoms with Crippen LogP contribution < -0.4 is 20.7 Å². The van der Waals surface area contributed by atoms with Crippen molar-refractivity contribution in [2.75, 3.05) is 58.9 Å². The fourth-order valence-corrected chi connectivity index (χ4v) is 7.89. The zero-order valence-corrected chi connectivity index (χ0v) is 34.0. The molecule has 2 aliphatic heterocycles. The Hall–Kier alpha value is -5.30. The van der Waals surface area contributed by atoms with Crippen LogP contribution in [0.1, 0.15) is 75.4 Å². The quantitative estimate of drug-likeness (QED) is 0.121. The summed E-state index contributed by atoms with van der Waals surface area (Å²) in [7, 11) is 3.86. The number of aryl methyl sites for hydroxylation is 3. The highest BCUT2D eigenvalue weighted by Crippen LogP contribution is 2.33. The number of anilines is 1. The molecule has 5 aromatic rings. The van der Waals surface area contributed by atoms with Crippen molar-refractivity contribution in [2.45, 2.75) is 72.3 Å². The molecule has 300 valence electrons. The fourth-order valence-electron chi connectivity index (χ4n) is 7.89. The van der Waals surface area contributed by atoms with E-state index in [1.807, 2.05) is 42.1 Å². The number of carbonyl (C=O) groups excluding carboxylic acids is 2. The molecule has 2 aromatic heterocycles. The lowest BCUT2D eigenvalue weighted by molar-refractivity contribution is 0.0904. The maximum Gasteiger partial charge on any atom is 0.251 e. The number of fused-ring (bicyclic) bond motifs is 1. The lowest BCUT2D eigenvalue weighted by atomic mass is 9.99. The highest BCUT2D eigenvalue weighted by Gasteiger charge is 2.23. The van der Waals surface area contributed by atoms with Crippen molar-refractivity contribution in [3.63, 3.8) is 0 Å². The first-order chi connectivity index (χ1) is 27.7. The molecule has 2 amide bonds. The number of likely N-dealkylation sites (N-methyl/N-ethyl adjacent to an activating group) is 1. The van der Waals surface area contributed by atoms with Crippen LogP contribution in [0, 0.1) is 6.92 Å². The molecule has 12 heteroatoms. The number of methoxy groups -OCH3 is 1. The van der Waals surface area contributed by atoms with Gasteiger partial charge in [-0.25, -0.2) is 9.67 Å². The average Bonchev–Trinajstić information content (AvgIpc) is 3.66. The Kier molecular flexibility index (Phi) is 12.8. The van der Waals surface area contributed by atoms with Crippen molar-refractivity contribution in [1.29, 1.82) is 0 Å². The topological polar surface area (TPSA) is 126 Å². The van der Waals surface area contributed by atoms with Gasteiger partial charge in [0, 0.05) is 99.6 Å². The number of nitrogens with one attached hydrogen (secondary N) is 3. The van der Waals surface area contributed by atoms with E-state index in [-0.39, 0.29) is 24.4 Å². The minimum Gasteiger partial charge on any atom is -0.496 e. The number of hydrogen-bond acceptors (Lipinski definition) is 9. The molecule has 2 fully saturated rings. The first-order valence-corrected chi connectivity index (χ1v) is 20.3. The third-order valence-corrected chi connectivity index (χ3v) is 11.2. The van der Waals surface area contributed by atoms with Crippen LogP contribution in [0.4, 0.5) is 5.69 Å². The van der Waals surface area contributed by atoms with Crippen LogP contribution >= 0.6 is 0 Å². The maximum absolute atomic E-state index is 13.8. The van der Waals surface area contributed by atoms with E-state index >= 15 is 0 Å². The second-order valence-corrected chi connectivity index (χ2v) is 15.3. The summed E-state index contributed by atoms with van der Waals surface area (Å²) in [6.07, 6.45) is 4.37. The average molecular weight is 773 g/mol. The number of hydrogen-bond donors (Lipinski definition) is 3. The van der Waals surface area contributed by atoms with Gasteiger partial charge >= 0.3 is 0 Å². The van der Waals surface area contributed by atoms with Crippen LogP contribution in [0.5, 0.6) is 5.75 Å². The van der Waals surface area contributed by atoms with Gasteiger partial charge in [0.05, 0.1) is 24.4 Å². The van der Waals surface area contributed by atoms with Gasteiger partial charge in [0.2, 0.25) is 0 Å². The molecular weight excluding hydrogens is 717 g/mol. The highest BCUT2D eigenvalue weighted by atomic mass is 16.5. The van der Waals surface area contributed by atoms with Crippen LogP contribution in [-0.4, -0.2) is 96.0 Å². The summed E-state index contributed by atoms with van der Waals surface area (Å²) in [6.45, 7) is 14.0. The summed E-state index contributed by atoms with van der Waals surface area (Å²) in [6, 6.07) is 20.2. The Labute approximate surface area is 335 Å². The fraction of sp³-hybridized carbons (Fsp3) is 0.422. The molecule has 12 nitrogen and oxygen atoms in total. The van der Waals surface area contributed by atoms with Crippen molar-refractivity contribution in [2.24, 2.45) is 0 Å². The highest BCUT2D eigenvalue weighted by molar-refractivity contribution is 6.00. The lowest BCUT2D eigenvalue weighted by Crippen LogP contribution is -2.43. The Morgan fingerprint density at radius 2 is 1.63 bits per heavy atom. The zero-order valence-electron chi connectivity index (χ0n) is 34.0. The van der Waals surface area contributed by atoms with E-state index in [2.05, 4.69) is 82.1 Å².